The highest BCUT2D eigenvalue weighted by atomic mass is 79.9. The third kappa shape index (κ3) is 3.44. The minimum absolute atomic E-state index is 0.0670. The zero-order valence-corrected chi connectivity index (χ0v) is 18.1. The maximum Gasteiger partial charge on any atom is 0.300 e. The van der Waals surface area contributed by atoms with E-state index in [-0.39, 0.29) is 11.3 Å². The highest BCUT2D eigenvalue weighted by molar-refractivity contribution is 9.10. The first-order chi connectivity index (χ1) is 14.4. The molecule has 1 unspecified atom stereocenters. The quantitative estimate of drug-likeness (QED) is 0.334. The topological polar surface area (TPSA) is 70.5 Å². The summed E-state index contributed by atoms with van der Waals surface area (Å²) in [5.74, 6) is -1.57. The van der Waals surface area contributed by atoms with E-state index in [1.807, 2.05) is 38.1 Å². The second-order valence-corrected chi connectivity index (χ2v) is 8.14. The van der Waals surface area contributed by atoms with Crippen molar-refractivity contribution < 1.29 is 14.7 Å². The number of ketones is 1. The number of carbonyl (C=O) groups excluding carboxylic acids is 2. The number of nitrogens with zero attached hydrogens (tertiary/aromatic N) is 2. The smallest absolute Gasteiger partial charge is 0.300 e. The first kappa shape index (κ1) is 20.0. The molecule has 0 aliphatic carbocycles. The monoisotopic (exact) mass is 462 g/mol. The van der Waals surface area contributed by atoms with Crippen LogP contribution in [0.2, 0.25) is 0 Å². The van der Waals surface area contributed by atoms with E-state index in [1.165, 1.54) is 4.90 Å². The van der Waals surface area contributed by atoms with Gasteiger partial charge in [0.25, 0.3) is 11.7 Å². The summed E-state index contributed by atoms with van der Waals surface area (Å²) in [5.41, 5.74) is 3.90. The summed E-state index contributed by atoms with van der Waals surface area (Å²) in [6.45, 7) is 3.91. The van der Waals surface area contributed by atoms with Crippen LogP contribution < -0.4 is 4.90 Å². The van der Waals surface area contributed by atoms with Crippen LogP contribution in [0.25, 0.3) is 5.76 Å². The summed E-state index contributed by atoms with van der Waals surface area (Å²) in [5, 5.41) is 11.1. The van der Waals surface area contributed by atoms with Crippen molar-refractivity contribution in [2.45, 2.75) is 19.9 Å². The SMILES string of the molecule is Cc1ccc(/C(O)=C2/C(=O)C(=O)N(c3ccc(Br)cc3)C2c2ccncc2)cc1C. The Hall–Kier alpha value is -3.25. The lowest BCUT2D eigenvalue weighted by Gasteiger charge is -2.25. The zero-order chi connectivity index (χ0) is 21.4. The predicted molar refractivity (Wildman–Crippen MR) is 119 cm³/mol. The van der Waals surface area contributed by atoms with Crippen LogP contribution in [-0.2, 0) is 9.59 Å². The van der Waals surface area contributed by atoms with Gasteiger partial charge in [-0.1, -0.05) is 28.1 Å². The van der Waals surface area contributed by atoms with E-state index >= 15 is 0 Å². The summed E-state index contributed by atoms with van der Waals surface area (Å²) in [6, 6.07) is 15.3. The van der Waals surface area contributed by atoms with E-state index in [4.69, 9.17) is 0 Å². The van der Waals surface area contributed by atoms with E-state index < -0.39 is 17.7 Å². The van der Waals surface area contributed by atoms with Crippen LogP contribution in [0.1, 0.15) is 28.3 Å². The second-order valence-electron chi connectivity index (χ2n) is 7.23. The van der Waals surface area contributed by atoms with Gasteiger partial charge in [0.1, 0.15) is 5.76 Å². The van der Waals surface area contributed by atoms with Gasteiger partial charge in [0.2, 0.25) is 0 Å². The number of pyridine rings is 1. The van der Waals surface area contributed by atoms with Crippen LogP contribution in [0.5, 0.6) is 0 Å². The number of aryl methyl sites for hydroxylation is 2. The fraction of sp³-hybridized carbons (Fsp3) is 0.125. The molecule has 0 saturated carbocycles. The van der Waals surface area contributed by atoms with Crippen molar-refractivity contribution in [1.82, 2.24) is 4.98 Å². The largest absolute Gasteiger partial charge is 0.507 e. The average Bonchev–Trinajstić information content (AvgIpc) is 3.02. The van der Waals surface area contributed by atoms with Gasteiger partial charge in [-0.3, -0.25) is 19.5 Å². The van der Waals surface area contributed by atoms with Gasteiger partial charge in [0.15, 0.2) is 0 Å². The van der Waals surface area contributed by atoms with Crippen molar-refractivity contribution in [1.29, 1.82) is 0 Å². The Morgan fingerprint density at radius 3 is 2.27 bits per heavy atom. The van der Waals surface area contributed by atoms with E-state index in [2.05, 4.69) is 20.9 Å². The number of Topliss-reactive ketones (excluding diaryl/α,β-unsaturated/α-hetero) is 1. The molecule has 1 aromatic heterocycles. The summed E-state index contributed by atoms with van der Waals surface area (Å²) < 4.78 is 0.860. The van der Waals surface area contributed by atoms with Crippen LogP contribution in [-0.4, -0.2) is 21.8 Å². The van der Waals surface area contributed by atoms with E-state index in [0.29, 0.717) is 16.8 Å². The number of aromatic nitrogens is 1. The molecule has 4 rings (SSSR count). The van der Waals surface area contributed by atoms with Crippen LogP contribution in [0.15, 0.2) is 77.0 Å². The molecule has 1 amide bonds. The highest BCUT2D eigenvalue weighted by Gasteiger charge is 2.46. The maximum absolute atomic E-state index is 13.1. The van der Waals surface area contributed by atoms with E-state index in [0.717, 1.165) is 15.6 Å². The molecule has 1 saturated heterocycles. The fourth-order valence-electron chi connectivity index (χ4n) is 3.61. The molecule has 2 aromatic carbocycles. The van der Waals surface area contributed by atoms with Crippen LogP contribution in [0.3, 0.4) is 0 Å². The van der Waals surface area contributed by atoms with Crippen molar-refractivity contribution in [2.75, 3.05) is 4.90 Å². The highest BCUT2D eigenvalue weighted by Crippen LogP contribution is 2.42. The Morgan fingerprint density at radius 2 is 1.63 bits per heavy atom. The number of aliphatic hydroxyl groups excluding tert-OH is 1. The van der Waals surface area contributed by atoms with Gasteiger partial charge >= 0.3 is 0 Å². The molecule has 0 bridgehead atoms. The van der Waals surface area contributed by atoms with Gasteiger partial charge in [-0.25, -0.2) is 0 Å². The number of aliphatic hydroxyl groups is 1. The Labute approximate surface area is 182 Å². The molecule has 1 aliphatic rings. The molecule has 150 valence electrons. The number of carbonyl (C=O) groups is 2. The Morgan fingerprint density at radius 1 is 0.967 bits per heavy atom. The molecule has 3 aromatic rings. The summed E-state index contributed by atoms with van der Waals surface area (Å²) in [4.78, 5) is 31.6. The van der Waals surface area contributed by atoms with Gasteiger partial charge in [0, 0.05) is 28.1 Å². The molecule has 6 heteroatoms. The first-order valence-corrected chi connectivity index (χ1v) is 10.2. The number of hydrogen-bond acceptors (Lipinski definition) is 4. The predicted octanol–water partition coefficient (Wildman–Crippen LogP) is 5.09. The number of rotatable bonds is 3. The minimum atomic E-state index is -0.754. The normalized spacial score (nSPS) is 18.1. The van der Waals surface area contributed by atoms with Crippen molar-refractivity contribution in [3.8, 4) is 0 Å². The summed E-state index contributed by atoms with van der Waals surface area (Å²) in [7, 11) is 0. The zero-order valence-electron chi connectivity index (χ0n) is 16.5. The van der Waals surface area contributed by atoms with Crippen LogP contribution >= 0.6 is 15.9 Å². The number of benzene rings is 2. The van der Waals surface area contributed by atoms with Gasteiger partial charge in [0.05, 0.1) is 11.6 Å². The molecule has 1 aliphatic heterocycles. The lowest BCUT2D eigenvalue weighted by molar-refractivity contribution is -0.132. The lowest BCUT2D eigenvalue weighted by atomic mass is 9.94. The van der Waals surface area contributed by atoms with Crippen molar-refractivity contribution in [3.05, 3.63) is 99.3 Å². The molecule has 5 nitrogen and oxygen atoms in total. The standard InChI is InChI=1S/C24H19BrN2O3/c1-14-3-4-17(13-15(14)2)22(28)20-21(16-9-11-26-12-10-16)27(24(30)23(20)29)19-7-5-18(25)6-8-19/h3-13,21,28H,1-2H3/b22-20-. The number of anilines is 1. The van der Waals surface area contributed by atoms with Crippen molar-refractivity contribution in [2.24, 2.45) is 0 Å². The van der Waals surface area contributed by atoms with Crippen LogP contribution in [0.4, 0.5) is 5.69 Å². The molecular weight excluding hydrogens is 444 g/mol. The molecule has 2 heterocycles. The Bertz CT molecular complexity index is 1170. The summed E-state index contributed by atoms with van der Waals surface area (Å²) in [6.07, 6.45) is 3.21. The lowest BCUT2D eigenvalue weighted by Crippen LogP contribution is -2.29. The van der Waals surface area contributed by atoms with Crippen LogP contribution in [0, 0.1) is 13.8 Å². The summed E-state index contributed by atoms with van der Waals surface area (Å²) >= 11 is 3.39. The van der Waals surface area contributed by atoms with Crippen molar-refractivity contribution in [3.63, 3.8) is 0 Å². The molecule has 1 N–H and O–H groups in total. The molecule has 30 heavy (non-hydrogen) atoms. The fourth-order valence-corrected chi connectivity index (χ4v) is 3.87. The maximum atomic E-state index is 13.1. The third-order valence-corrected chi connectivity index (χ3v) is 5.88. The first-order valence-electron chi connectivity index (χ1n) is 9.42. The Kier molecular flexibility index (Phi) is 5.26. The van der Waals surface area contributed by atoms with Gasteiger partial charge < -0.3 is 5.11 Å². The molecule has 0 spiro atoms. The molecule has 1 atom stereocenters. The number of hydrogen-bond donors (Lipinski definition) is 1. The van der Waals surface area contributed by atoms with Gasteiger partial charge in [-0.2, -0.15) is 0 Å². The van der Waals surface area contributed by atoms with Gasteiger partial charge in [-0.05, 0) is 73.0 Å². The molecule has 1 fully saturated rings. The Balaban J connectivity index is 1.94. The second kappa shape index (κ2) is 7.88. The number of amides is 1. The van der Waals surface area contributed by atoms with E-state index in [1.54, 1.807) is 42.7 Å². The average molecular weight is 463 g/mol. The van der Waals surface area contributed by atoms with Crippen molar-refractivity contribution >= 4 is 39.1 Å². The third-order valence-electron chi connectivity index (χ3n) is 5.35. The molecule has 0 radical (unpaired) electrons. The van der Waals surface area contributed by atoms with Gasteiger partial charge in [-0.15, -0.1) is 0 Å². The minimum Gasteiger partial charge on any atom is -0.507 e. The van der Waals surface area contributed by atoms with E-state index in [9.17, 15) is 14.7 Å². The number of halogens is 1. The molecular formula is C24H19BrN2O3.